The minimum atomic E-state index is -0.776. The zero-order valence-electron chi connectivity index (χ0n) is 16.2. The Morgan fingerprint density at radius 1 is 0.968 bits per heavy atom. The van der Waals surface area contributed by atoms with Crippen molar-refractivity contribution in [2.45, 2.75) is 12.8 Å². The number of hydrogen-bond acceptors (Lipinski definition) is 3. The van der Waals surface area contributed by atoms with Crippen molar-refractivity contribution in [1.82, 2.24) is 0 Å². The molecule has 3 rings (SSSR count). The van der Waals surface area contributed by atoms with Crippen molar-refractivity contribution in [1.29, 1.82) is 5.26 Å². The second-order valence-corrected chi connectivity index (χ2v) is 8.17. The number of nitriles is 1. The number of anilines is 1. The Bertz CT molecular complexity index is 1170. The lowest BCUT2D eigenvalue weighted by Crippen LogP contribution is -2.22. The second kappa shape index (κ2) is 10.2. The van der Waals surface area contributed by atoms with E-state index in [-0.39, 0.29) is 16.0 Å². The van der Waals surface area contributed by atoms with Crippen LogP contribution in [0.3, 0.4) is 0 Å². The summed E-state index contributed by atoms with van der Waals surface area (Å²) in [6.07, 6.45) is 1.56. The molecule has 0 radical (unpaired) electrons. The molecule has 0 aliphatic heterocycles. The Morgan fingerprint density at radius 3 is 2.16 bits per heavy atom. The van der Waals surface area contributed by atoms with E-state index in [1.54, 1.807) is 36.5 Å². The van der Waals surface area contributed by atoms with Crippen LogP contribution in [0.4, 0.5) is 5.69 Å². The van der Waals surface area contributed by atoms with E-state index >= 15 is 0 Å². The highest BCUT2D eigenvalue weighted by Crippen LogP contribution is 2.40. The highest BCUT2D eigenvalue weighted by molar-refractivity contribution is 6.42. The van der Waals surface area contributed by atoms with Gasteiger partial charge in [-0.25, -0.2) is 5.01 Å². The molecule has 4 nitrogen and oxygen atoms in total. The average molecular weight is 491 g/mol. The number of rotatable bonds is 5. The topological polar surface area (TPSA) is 56.5 Å². The van der Waals surface area contributed by atoms with Gasteiger partial charge >= 0.3 is 0 Å². The molecule has 0 saturated heterocycles. The fraction of sp³-hybridized carbons (Fsp3) is 0.0870. The van der Waals surface area contributed by atoms with Gasteiger partial charge in [0.15, 0.2) is 0 Å². The largest absolute Gasteiger partial charge is 0.273 e. The first-order valence-corrected chi connectivity index (χ1v) is 10.6. The number of benzene rings is 3. The minimum absolute atomic E-state index is 0.223. The summed E-state index contributed by atoms with van der Waals surface area (Å²) in [5.74, 6) is -1.10. The summed E-state index contributed by atoms with van der Waals surface area (Å²) in [6, 6.07) is 19.5. The number of carbonyl (C=O) groups excluding carboxylic acids is 1. The third kappa shape index (κ3) is 5.39. The third-order valence-corrected chi connectivity index (χ3v) is 5.79. The van der Waals surface area contributed by atoms with Crippen molar-refractivity contribution in [3.05, 3.63) is 97.4 Å². The van der Waals surface area contributed by atoms with Gasteiger partial charge in [-0.2, -0.15) is 10.4 Å². The lowest BCUT2D eigenvalue weighted by atomic mass is 9.92. The molecule has 0 aliphatic carbocycles. The first kappa shape index (κ1) is 23.1. The minimum Gasteiger partial charge on any atom is -0.273 e. The summed E-state index contributed by atoms with van der Waals surface area (Å²) in [4.78, 5) is 12.2. The number of amides is 1. The van der Waals surface area contributed by atoms with E-state index < -0.39 is 5.92 Å². The Hall–Kier alpha value is -2.55. The molecule has 0 fully saturated rings. The SMILES string of the molecule is CC(=O)N(/N=C/c1ccccc1)c1cc(Cl)c(C(C#N)c2ccc(Cl)c(Cl)c2)c(Cl)c1. The molecule has 31 heavy (non-hydrogen) atoms. The molecule has 1 atom stereocenters. The fourth-order valence-electron chi connectivity index (χ4n) is 2.96. The van der Waals surface area contributed by atoms with Gasteiger partial charge in [0.05, 0.1) is 33.9 Å². The van der Waals surface area contributed by atoms with Gasteiger partial charge < -0.3 is 0 Å². The van der Waals surface area contributed by atoms with Crippen molar-refractivity contribution in [3.63, 3.8) is 0 Å². The van der Waals surface area contributed by atoms with Crippen LogP contribution >= 0.6 is 46.4 Å². The van der Waals surface area contributed by atoms with Crippen molar-refractivity contribution < 1.29 is 4.79 Å². The number of hydrazone groups is 1. The van der Waals surface area contributed by atoms with E-state index in [2.05, 4.69) is 11.2 Å². The molecule has 0 aliphatic rings. The second-order valence-electron chi connectivity index (χ2n) is 6.54. The standard InChI is InChI=1S/C23H15Cl4N3O/c1-14(31)30(29-13-15-5-3-2-4-6-15)17-10-21(26)23(22(27)11-17)18(12-28)16-7-8-19(24)20(25)9-16/h2-11,13,18H,1H3/b29-13+. The Kier molecular flexibility index (Phi) is 7.59. The van der Waals surface area contributed by atoms with E-state index in [4.69, 9.17) is 46.4 Å². The monoisotopic (exact) mass is 489 g/mol. The van der Waals surface area contributed by atoms with Crippen LogP contribution in [-0.4, -0.2) is 12.1 Å². The first-order chi connectivity index (χ1) is 14.8. The summed E-state index contributed by atoms with van der Waals surface area (Å²) in [5, 5.41) is 16.4. The van der Waals surface area contributed by atoms with E-state index in [0.29, 0.717) is 26.9 Å². The Balaban J connectivity index is 2.01. The van der Waals surface area contributed by atoms with Crippen molar-refractivity contribution in [2.75, 3.05) is 5.01 Å². The van der Waals surface area contributed by atoms with Crippen molar-refractivity contribution >= 4 is 64.2 Å². The third-order valence-electron chi connectivity index (χ3n) is 4.42. The molecule has 0 aromatic heterocycles. The fourth-order valence-corrected chi connectivity index (χ4v) is 3.96. The molecule has 3 aromatic carbocycles. The van der Waals surface area contributed by atoms with E-state index in [1.165, 1.54) is 11.9 Å². The normalized spacial score (nSPS) is 11.9. The van der Waals surface area contributed by atoms with Crippen LogP contribution in [0.2, 0.25) is 20.1 Å². The maximum atomic E-state index is 12.2. The maximum absolute atomic E-state index is 12.2. The maximum Gasteiger partial charge on any atom is 0.244 e. The quantitative estimate of drug-likeness (QED) is 0.277. The molecule has 0 bridgehead atoms. The van der Waals surface area contributed by atoms with Crippen LogP contribution in [0.25, 0.3) is 0 Å². The number of carbonyl (C=O) groups is 1. The zero-order valence-corrected chi connectivity index (χ0v) is 19.2. The van der Waals surface area contributed by atoms with E-state index in [1.807, 2.05) is 30.3 Å². The molecule has 8 heteroatoms. The molecular formula is C23H15Cl4N3O. The predicted molar refractivity (Wildman–Crippen MR) is 128 cm³/mol. The lowest BCUT2D eigenvalue weighted by molar-refractivity contribution is -0.116. The average Bonchev–Trinajstić information content (AvgIpc) is 2.73. The van der Waals surface area contributed by atoms with E-state index in [0.717, 1.165) is 5.56 Å². The smallest absolute Gasteiger partial charge is 0.244 e. The van der Waals surface area contributed by atoms with Gasteiger partial charge in [0.1, 0.15) is 0 Å². The Labute approximate surface area is 200 Å². The molecule has 0 N–H and O–H groups in total. The lowest BCUT2D eigenvalue weighted by Gasteiger charge is -2.19. The summed E-state index contributed by atoms with van der Waals surface area (Å²) in [5.41, 5.74) is 2.21. The first-order valence-electron chi connectivity index (χ1n) is 9.05. The molecule has 0 saturated carbocycles. The zero-order chi connectivity index (χ0) is 22.5. The molecule has 156 valence electrons. The molecule has 0 heterocycles. The van der Waals surface area contributed by atoms with Gasteiger partial charge in [0.25, 0.3) is 0 Å². The highest BCUT2D eigenvalue weighted by Gasteiger charge is 2.23. The molecular weight excluding hydrogens is 476 g/mol. The summed E-state index contributed by atoms with van der Waals surface area (Å²) in [6.45, 7) is 1.38. The van der Waals surface area contributed by atoms with Gasteiger partial charge in [0.2, 0.25) is 5.91 Å². The van der Waals surface area contributed by atoms with Gasteiger partial charge in [0, 0.05) is 22.5 Å². The molecule has 0 spiro atoms. The Morgan fingerprint density at radius 2 is 1.61 bits per heavy atom. The van der Waals surface area contributed by atoms with Gasteiger partial charge in [-0.1, -0.05) is 82.8 Å². The molecule has 3 aromatic rings. The molecule has 1 unspecified atom stereocenters. The summed E-state index contributed by atoms with van der Waals surface area (Å²) in [7, 11) is 0. The highest BCUT2D eigenvalue weighted by atomic mass is 35.5. The predicted octanol–water partition coefficient (Wildman–Crippen LogP) is 7.34. The van der Waals surface area contributed by atoms with Crippen molar-refractivity contribution in [2.24, 2.45) is 5.10 Å². The number of hydrogen-bond donors (Lipinski definition) is 0. The van der Waals surface area contributed by atoms with Crippen LogP contribution in [0.1, 0.15) is 29.5 Å². The van der Waals surface area contributed by atoms with Crippen LogP contribution in [0, 0.1) is 11.3 Å². The van der Waals surface area contributed by atoms with Crippen LogP contribution in [-0.2, 0) is 4.79 Å². The van der Waals surface area contributed by atoms with E-state index in [9.17, 15) is 10.1 Å². The summed E-state index contributed by atoms with van der Waals surface area (Å²) < 4.78 is 0. The van der Waals surface area contributed by atoms with Crippen LogP contribution in [0.5, 0.6) is 0 Å². The van der Waals surface area contributed by atoms with Gasteiger partial charge in [-0.3, -0.25) is 4.79 Å². The van der Waals surface area contributed by atoms with Gasteiger partial charge in [-0.15, -0.1) is 0 Å². The summed E-state index contributed by atoms with van der Waals surface area (Å²) >= 11 is 25.1. The molecule has 1 amide bonds. The number of halogens is 4. The van der Waals surface area contributed by atoms with Crippen molar-refractivity contribution in [3.8, 4) is 6.07 Å². The number of nitrogens with zero attached hydrogens (tertiary/aromatic N) is 3. The van der Waals surface area contributed by atoms with Gasteiger partial charge in [-0.05, 0) is 35.4 Å². The van der Waals surface area contributed by atoms with Crippen LogP contribution in [0.15, 0.2) is 65.8 Å². The van der Waals surface area contributed by atoms with Crippen LogP contribution < -0.4 is 5.01 Å².